The summed E-state index contributed by atoms with van der Waals surface area (Å²) in [6.45, 7) is 6.45. The van der Waals surface area contributed by atoms with E-state index in [1.165, 1.54) is 11.8 Å². The van der Waals surface area contributed by atoms with Crippen molar-refractivity contribution >= 4 is 23.4 Å². The van der Waals surface area contributed by atoms with Crippen LogP contribution in [0.15, 0.2) is 40.5 Å². The number of fused-ring (bicyclic) bond motifs is 1. The molecule has 2 aromatic heterocycles. The topological polar surface area (TPSA) is 76.9 Å². The number of carbonyl (C=O) groups excluding carboxylic acids is 1. The average Bonchev–Trinajstić information content (AvgIpc) is 2.54. The normalized spacial score (nSPS) is 17.2. The van der Waals surface area contributed by atoms with E-state index in [4.69, 9.17) is 0 Å². The van der Waals surface area contributed by atoms with E-state index in [1.807, 2.05) is 20.8 Å². The van der Waals surface area contributed by atoms with Crippen LogP contribution in [0.1, 0.15) is 26.5 Å². The third-order valence-electron chi connectivity index (χ3n) is 3.88. The Balaban J connectivity index is 1.80. The van der Waals surface area contributed by atoms with E-state index in [2.05, 4.69) is 15.3 Å². The van der Waals surface area contributed by atoms with Crippen molar-refractivity contribution in [3.63, 3.8) is 0 Å². The van der Waals surface area contributed by atoms with E-state index >= 15 is 0 Å². The zero-order chi connectivity index (χ0) is 17.3. The molecule has 1 amide bonds. The zero-order valence-corrected chi connectivity index (χ0v) is 14.8. The van der Waals surface area contributed by atoms with Gasteiger partial charge in [0.2, 0.25) is 5.91 Å². The molecule has 1 aliphatic heterocycles. The maximum absolute atomic E-state index is 12.4. The summed E-state index contributed by atoms with van der Waals surface area (Å²) in [5.41, 5.74) is 1.22. The van der Waals surface area contributed by atoms with Crippen LogP contribution in [0.5, 0.6) is 0 Å². The summed E-state index contributed by atoms with van der Waals surface area (Å²) in [6, 6.07) is 5.06. The lowest BCUT2D eigenvalue weighted by Gasteiger charge is -2.26. The first-order valence-electron chi connectivity index (χ1n) is 7.80. The van der Waals surface area contributed by atoms with Gasteiger partial charge in [0.1, 0.15) is 0 Å². The van der Waals surface area contributed by atoms with Gasteiger partial charge in [0.25, 0.3) is 5.56 Å². The minimum Gasteiger partial charge on any atom is -0.326 e. The predicted molar refractivity (Wildman–Crippen MR) is 94.3 cm³/mol. The molecule has 3 rings (SSSR count). The number of thioether (sulfide) groups is 1. The predicted octanol–water partition coefficient (Wildman–Crippen LogP) is 2.30. The van der Waals surface area contributed by atoms with Gasteiger partial charge in [-0.25, -0.2) is 4.98 Å². The maximum Gasteiger partial charge on any atom is 0.254 e. The van der Waals surface area contributed by atoms with Crippen molar-refractivity contribution in [1.82, 2.24) is 14.5 Å². The standard InChI is InChI=1S/C17H20N4O2S/c1-17(2,3)13-8-14(22)21-9-11(10-24-16(21)20-13)15(23)19-12-4-6-18-7-5-12/h4-8,11H,9-10H2,1-3H3,(H,18,19,23). The van der Waals surface area contributed by atoms with Gasteiger partial charge in [-0.05, 0) is 12.1 Å². The molecule has 0 radical (unpaired) electrons. The molecule has 3 heterocycles. The summed E-state index contributed by atoms with van der Waals surface area (Å²) in [5, 5.41) is 3.56. The van der Waals surface area contributed by atoms with Gasteiger partial charge in [-0.1, -0.05) is 32.5 Å². The van der Waals surface area contributed by atoms with Crippen molar-refractivity contribution in [3.8, 4) is 0 Å². The number of amides is 1. The summed E-state index contributed by atoms with van der Waals surface area (Å²) in [6.07, 6.45) is 3.26. The van der Waals surface area contributed by atoms with Gasteiger partial charge in [-0.2, -0.15) is 0 Å². The lowest BCUT2D eigenvalue weighted by molar-refractivity contribution is -0.119. The maximum atomic E-state index is 12.4. The Bertz CT molecular complexity index is 812. The Labute approximate surface area is 144 Å². The highest BCUT2D eigenvalue weighted by atomic mass is 32.2. The minimum absolute atomic E-state index is 0.0915. The highest BCUT2D eigenvalue weighted by molar-refractivity contribution is 7.99. The fourth-order valence-corrected chi connectivity index (χ4v) is 3.52. The molecule has 6 nitrogen and oxygen atoms in total. The molecular formula is C17H20N4O2S. The molecule has 0 aromatic carbocycles. The molecule has 0 saturated heterocycles. The SMILES string of the molecule is CC(C)(C)c1cc(=O)n2c(n1)SCC(C(=O)Nc1ccncc1)C2. The number of hydrogen-bond acceptors (Lipinski definition) is 5. The number of nitrogens with zero attached hydrogens (tertiary/aromatic N) is 3. The molecule has 0 saturated carbocycles. The van der Waals surface area contributed by atoms with Gasteiger partial charge in [0.15, 0.2) is 5.16 Å². The molecule has 1 atom stereocenters. The molecule has 0 aliphatic carbocycles. The molecule has 1 unspecified atom stereocenters. The van der Waals surface area contributed by atoms with E-state index in [1.54, 1.807) is 35.2 Å². The summed E-state index contributed by atoms with van der Waals surface area (Å²) < 4.78 is 1.60. The number of pyridine rings is 1. The number of hydrogen-bond donors (Lipinski definition) is 1. The fourth-order valence-electron chi connectivity index (χ4n) is 2.43. The Morgan fingerprint density at radius 1 is 1.33 bits per heavy atom. The molecule has 1 aliphatic rings. The Morgan fingerprint density at radius 2 is 2.04 bits per heavy atom. The van der Waals surface area contributed by atoms with E-state index in [0.717, 1.165) is 5.69 Å². The van der Waals surface area contributed by atoms with Crippen molar-refractivity contribution in [1.29, 1.82) is 0 Å². The number of rotatable bonds is 2. The van der Waals surface area contributed by atoms with Crippen LogP contribution in [-0.2, 0) is 16.8 Å². The van der Waals surface area contributed by atoms with Crippen molar-refractivity contribution in [2.45, 2.75) is 37.9 Å². The minimum atomic E-state index is -0.268. The van der Waals surface area contributed by atoms with Crippen LogP contribution < -0.4 is 10.9 Å². The third kappa shape index (κ3) is 3.51. The average molecular weight is 344 g/mol. The molecule has 126 valence electrons. The molecule has 0 spiro atoms. The van der Waals surface area contributed by atoms with E-state index < -0.39 is 0 Å². The van der Waals surface area contributed by atoms with Crippen LogP contribution >= 0.6 is 11.8 Å². The highest BCUT2D eigenvalue weighted by Crippen LogP contribution is 2.28. The van der Waals surface area contributed by atoms with Gasteiger partial charge >= 0.3 is 0 Å². The number of nitrogens with one attached hydrogen (secondary N) is 1. The molecule has 24 heavy (non-hydrogen) atoms. The van der Waals surface area contributed by atoms with Gasteiger partial charge in [-0.15, -0.1) is 0 Å². The number of aromatic nitrogens is 3. The lowest BCUT2D eigenvalue weighted by atomic mass is 9.92. The second-order valence-corrected chi connectivity index (χ2v) is 7.84. The van der Waals surface area contributed by atoms with Crippen LogP contribution in [0, 0.1) is 5.92 Å². The third-order valence-corrected chi connectivity index (χ3v) is 5.02. The quantitative estimate of drug-likeness (QED) is 0.846. The van der Waals surface area contributed by atoms with Crippen molar-refractivity contribution in [2.75, 3.05) is 11.1 Å². The second-order valence-electron chi connectivity index (χ2n) is 6.86. The Morgan fingerprint density at radius 3 is 2.71 bits per heavy atom. The first-order valence-corrected chi connectivity index (χ1v) is 8.79. The Hall–Kier alpha value is -2.15. The smallest absolute Gasteiger partial charge is 0.254 e. The van der Waals surface area contributed by atoms with Crippen LogP contribution in [0.3, 0.4) is 0 Å². The summed E-state index contributed by atoms with van der Waals surface area (Å²) >= 11 is 1.46. The largest absolute Gasteiger partial charge is 0.326 e. The van der Waals surface area contributed by atoms with Crippen molar-refractivity contribution in [2.24, 2.45) is 5.92 Å². The molecule has 0 fully saturated rings. The summed E-state index contributed by atoms with van der Waals surface area (Å²) in [4.78, 5) is 33.4. The van der Waals surface area contributed by atoms with Crippen LogP contribution in [0.2, 0.25) is 0 Å². The van der Waals surface area contributed by atoms with Crippen LogP contribution in [-0.4, -0.2) is 26.2 Å². The van der Waals surface area contributed by atoms with Gasteiger partial charge in [-0.3, -0.25) is 19.1 Å². The number of carbonyl (C=O) groups is 1. The number of anilines is 1. The molecule has 2 aromatic rings. The van der Waals surface area contributed by atoms with E-state index in [-0.39, 0.29) is 22.8 Å². The Kier molecular flexibility index (Phi) is 4.45. The second kappa shape index (κ2) is 6.39. The van der Waals surface area contributed by atoms with Gasteiger partial charge < -0.3 is 5.32 Å². The first-order chi connectivity index (χ1) is 11.3. The monoisotopic (exact) mass is 344 g/mol. The first kappa shape index (κ1) is 16.7. The van der Waals surface area contributed by atoms with E-state index in [9.17, 15) is 9.59 Å². The fraction of sp³-hybridized carbons (Fsp3) is 0.412. The van der Waals surface area contributed by atoms with E-state index in [0.29, 0.717) is 23.1 Å². The summed E-state index contributed by atoms with van der Waals surface area (Å²) in [7, 11) is 0. The van der Waals surface area contributed by atoms with Gasteiger partial charge in [0, 0.05) is 41.9 Å². The van der Waals surface area contributed by atoms with Crippen molar-refractivity contribution < 1.29 is 4.79 Å². The molecule has 7 heteroatoms. The molecular weight excluding hydrogens is 324 g/mol. The lowest BCUT2D eigenvalue weighted by Crippen LogP contribution is -2.37. The zero-order valence-electron chi connectivity index (χ0n) is 13.9. The van der Waals surface area contributed by atoms with Crippen LogP contribution in [0.4, 0.5) is 5.69 Å². The van der Waals surface area contributed by atoms with Crippen molar-refractivity contribution in [3.05, 3.63) is 46.6 Å². The van der Waals surface area contributed by atoms with Crippen LogP contribution in [0.25, 0.3) is 0 Å². The summed E-state index contributed by atoms with van der Waals surface area (Å²) in [5.74, 6) is 0.249. The molecule has 1 N–H and O–H groups in total. The van der Waals surface area contributed by atoms with Gasteiger partial charge in [0.05, 0.1) is 11.6 Å². The highest BCUT2D eigenvalue weighted by Gasteiger charge is 2.28. The molecule has 0 bridgehead atoms.